The summed E-state index contributed by atoms with van der Waals surface area (Å²) in [4.78, 5) is 26.3. The van der Waals surface area contributed by atoms with Crippen LogP contribution in [-0.2, 0) is 16.5 Å². The average Bonchev–Trinajstić information content (AvgIpc) is 3.52. The van der Waals surface area contributed by atoms with E-state index in [1.165, 1.54) is 0 Å². The number of pyridine rings is 2. The number of fused-ring (bicyclic) bond motifs is 2. The van der Waals surface area contributed by atoms with Gasteiger partial charge in [0.2, 0.25) is 0 Å². The van der Waals surface area contributed by atoms with Crippen LogP contribution in [0.25, 0.3) is 33.2 Å². The number of aromatic nitrogens is 4. The second kappa shape index (κ2) is 11.1. The van der Waals surface area contributed by atoms with E-state index in [-0.39, 0.29) is 18.9 Å². The van der Waals surface area contributed by atoms with Crippen LogP contribution in [0, 0.1) is 0 Å². The Morgan fingerprint density at radius 2 is 2.02 bits per heavy atom. The molecule has 0 radical (unpaired) electrons. The molecule has 0 spiro atoms. The standard InChI is InChI=1S/C29H35ClN6O4/c1-7-36(28(37)40-29(2,3)4)19-8-9-35(16-19)20-11-21-23(30)12-25(32-27(21)31-14-20)22-10-18-15-34(5)33-24(18)13-26(22)39-17-38-6/h10-15,19H,7-9,16-17H2,1-6H3/t19-/m0/s1. The van der Waals surface area contributed by atoms with Crippen molar-refractivity contribution in [1.29, 1.82) is 0 Å². The lowest BCUT2D eigenvalue weighted by Crippen LogP contribution is -2.44. The van der Waals surface area contributed by atoms with Crippen LogP contribution in [-0.4, -0.2) is 75.9 Å². The molecule has 4 aromatic rings. The Kier molecular flexibility index (Phi) is 7.74. The van der Waals surface area contributed by atoms with Crippen molar-refractivity contribution >= 4 is 45.3 Å². The van der Waals surface area contributed by atoms with E-state index in [4.69, 9.17) is 30.8 Å². The molecule has 212 valence electrons. The van der Waals surface area contributed by atoms with Crippen molar-refractivity contribution in [2.24, 2.45) is 7.05 Å². The number of ether oxygens (including phenoxy) is 3. The fourth-order valence-corrected chi connectivity index (χ4v) is 5.31. The molecule has 1 atom stereocenters. The molecular weight excluding hydrogens is 532 g/mol. The second-order valence-corrected chi connectivity index (χ2v) is 11.4. The maximum Gasteiger partial charge on any atom is 0.410 e. The highest BCUT2D eigenvalue weighted by molar-refractivity contribution is 6.35. The summed E-state index contributed by atoms with van der Waals surface area (Å²) in [7, 11) is 3.45. The van der Waals surface area contributed by atoms with Crippen molar-refractivity contribution in [3.8, 4) is 17.0 Å². The molecule has 1 aliphatic heterocycles. The third-order valence-corrected chi connectivity index (χ3v) is 7.18. The smallest absolute Gasteiger partial charge is 0.410 e. The maximum absolute atomic E-state index is 12.8. The quantitative estimate of drug-likeness (QED) is 0.265. The molecule has 0 aliphatic carbocycles. The van der Waals surface area contributed by atoms with Crippen molar-refractivity contribution in [1.82, 2.24) is 24.6 Å². The number of hydrogen-bond acceptors (Lipinski definition) is 8. The number of benzene rings is 1. The highest BCUT2D eigenvalue weighted by Gasteiger charge is 2.33. The molecule has 1 aliphatic rings. The van der Waals surface area contributed by atoms with Gasteiger partial charge in [-0.1, -0.05) is 11.6 Å². The average molecular weight is 567 g/mol. The number of carbonyl (C=O) groups excluding carboxylic acids is 1. The number of methoxy groups -OCH3 is 1. The minimum atomic E-state index is -0.534. The Morgan fingerprint density at radius 3 is 2.75 bits per heavy atom. The highest BCUT2D eigenvalue weighted by atomic mass is 35.5. The van der Waals surface area contributed by atoms with Crippen LogP contribution in [0.4, 0.5) is 10.5 Å². The normalized spacial score (nSPS) is 15.7. The van der Waals surface area contributed by atoms with Crippen LogP contribution in [0.3, 0.4) is 0 Å². The molecule has 1 aromatic carbocycles. The zero-order valence-corrected chi connectivity index (χ0v) is 24.5. The summed E-state index contributed by atoms with van der Waals surface area (Å²) in [5.41, 5.74) is 3.17. The van der Waals surface area contributed by atoms with E-state index in [1.807, 2.05) is 76.3 Å². The number of amides is 1. The number of aryl methyl sites for hydroxylation is 1. The van der Waals surface area contributed by atoms with Crippen molar-refractivity contribution < 1.29 is 19.0 Å². The van der Waals surface area contributed by atoms with Crippen LogP contribution in [0.2, 0.25) is 5.02 Å². The van der Waals surface area contributed by atoms with E-state index in [1.54, 1.807) is 11.8 Å². The van der Waals surface area contributed by atoms with Gasteiger partial charge in [0, 0.05) is 62.4 Å². The minimum absolute atomic E-state index is 0.0550. The molecule has 1 fully saturated rings. The first-order valence-corrected chi connectivity index (χ1v) is 13.7. The third kappa shape index (κ3) is 5.78. The van der Waals surface area contributed by atoms with Gasteiger partial charge in [-0.2, -0.15) is 5.10 Å². The lowest BCUT2D eigenvalue weighted by Gasteiger charge is -2.31. The van der Waals surface area contributed by atoms with E-state index in [0.29, 0.717) is 35.2 Å². The first-order valence-electron chi connectivity index (χ1n) is 13.4. The maximum atomic E-state index is 12.8. The van der Waals surface area contributed by atoms with Gasteiger partial charge in [0.25, 0.3) is 0 Å². The van der Waals surface area contributed by atoms with Crippen molar-refractivity contribution in [2.75, 3.05) is 38.4 Å². The van der Waals surface area contributed by atoms with Crippen LogP contribution < -0.4 is 9.64 Å². The van der Waals surface area contributed by atoms with Gasteiger partial charge in [0.05, 0.1) is 34.2 Å². The number of carbonyl (C=O) groups is 1. The van der Waals surface area contributed by atoms with Gasteiger partial charge >= 0.3 is 6.09 Å². The number of likely N-dealkylation sites (N-methyl/N-ethyl adjacent to an activating group) is 1. The highest BCUT2D eigenvalue weighted by Crippen LogP contribution is 2.37. The zero-order chi connectivity index (χ0) is 28.6. The summed E-state index contributed by atoms with van der Waals surface area (Å²) < 4.78 is 18.4. The van der Waals surface area contributed by atoms with Crippen molar-refractivity contribution in [3.63, 3.8) is 0 Å². The predicted octanol–water partition coefficient (Wildman–Crippen LogP) is 5.66. The molecule has 40 heavy (non-hydrogen) atoms. The molecule has 1 amide bonds. The summed E-state index contributed by atoms with van der Waals surface area (Å²) in [5, 5.41) is 6.74. The fraction of sp³-hybridized carbons (Fsp3) is 0.448. The van der Waals surface area contributed by atoms with E-state index < -0.39 is 5.60 Å². The Balaban J connectivity index is 1.42. The minimum Gasteiger partial charge on any atom is -0.467 e. The lowest BCUT2D eigenvalue weighted by molar-refractivity contribution is 0.0191. The van der Waals surface area contributed by atoms with E-state index in [0.717, 1.165) is 40.5 Å². The Morgan fingerprint density at radius 1 is 1.23 bits per heavy atom. The van der Waals surface area contributed by atoms with Crippen LogP contribution in [0.1, 0.15) is 34.1 Å². The Labute approximate surface area is 238 Å². The first-order chi connectivity index (χ1) is 19.1. The molecule has 0 bridgehead atoms. The van der Waals surface area contributed by atoms with E-state index in [9.17, 15) is 4.79 Å². The number of halogens is 1. The molecule has 1 saturated heterocycles. The van der Waals surface area contributed by atoms with Gasteiger partial charge in [-0.15, -0.1) is 0 Å². The van der Waals surface area contributed by atoms with Gasteiger partial charge in [-0.3, -0.25) is 4.68 Å². The third-order valence-electron chi connectivity index (χ3n) is 6.87. The van der Waals surface area contributed by atoms with Gasteiger partial charge in [0.15, 0.2) is 12.4 Å². The first kappa shape index (κ1) is 27.9. The number of nitrogens with zero attached hydrogens (tertiary/aromatic N) is 6. The van der Waals surface area contributed by atoms with E-state index in [2.05, 4.69) is 15.0 Å². The molecular formula is C29H35ClN6O4. The van der Waals surface area contributed by atoms with Crippen molar-refractivity contribution in [2.45, 2.75) is 45.8 Å². The van der Waals surface area contributed by atoms with Gasteiger partial charge < -0.3 is 24.0 Å². The number of rotatable bonds is 7. The molecule has 0 N–H and O–H groups in total. The molecule has 0 saturated carbocycles. The van der Waals surface area contributed by atoms with Crippen LogP contribution in [0.5, 0.6) is 5.75 Å². The van der Waals surface area contributed by atoms with Crippen LogP contribution in [0.15, 0.2) is 36.7 Å². The molecule has 10 nitrogen and oxygen atoms in total. The number of hydrogen-bond donors (Lipinski definition) is 0. The SMILES string of the molecule is CCN(C(=O)OC(C)(C)C)[C@H]1CCN(c2cnc3nc(-c4cc5cn(C)nc5cc4OCOC)cc(Cl)c3c2)C1. The summed E-state index contributed by atoms with van der Waals surface area (Å²) >= 11 is 6.82. The van der Waals surface area contributed by atoms with Crippen LogP contribution >= 0.6 is 11.6 Å². The Bertz CT molecular complexity index is 1550. The lowest BCUT2D eigenvalue weighted by atomic mass is 10.1. The van der Waals surface area contributed by atoms with Gasteiger partial charge in [0.1, 0.15) is 11.4 Å². The van der Waals surface area contributed by atoms with E-state index >= 15 is 0 Å². The topological polar surface area (TPSA) is 94.8 Å². The zero-order valence-electron chi connectivity index (χ0n) is 23.8. The summed E-state index contributed by atoms with van der Waals surface area (Å²) in [6.07, 6.45) is 4.32. The molecule has 3 aromatic heterocycles. The number of anilines is 1. The second-order valence-electron chi connectivity index (χ2n) is 11.0. The molecule has 4 heterocycles. The fourth-order valence-electron chi connectivity index (χ4n) is 5.07. The molecule has 11 heteroatoms. The molecule has 0 unspecified atom stereocenters. The van der Waals surface area contributed by atoms with Gasteiger partial charge in [-0.25, -0.2) is 14.8 Å². The summed E-state index contributed by atoms with van der Waals surface area (Å²) in [5.74, 6) is 0.598. The monoisotopic (exact) mass is 566 g/mol. The van der Waals surface area contributed by atoms with Gasteiger partial charge in [-0.05, 0) is 52.3 Å². The van der Waals surface area contributed by atoms with Crippen molar-refractivity contribution in [3.05, 3.63) is 41.7 Å². The molecule has 5 rings (SSSR count). The largest absolute Gasteiger partial charge is 0.467 e. The summed E-state index contributed by atoms with van der Waals surface area (Å²) in [6.45, 7) is 9.79. The summed E-state index contributed by atoms with van der Waals surface area (Å²) in [6, 6.07) is 7.77. The predicted molar refractivity (Wildman–Crippen MR) is 156 cm³/mol. The Hall–Kier alpha value is -3.63.